The van der Waals surface area contributed by atoms with Crippen LogP contribution in [0.3, 0.4) is 0 Å². The predicted molar refractivity (Wildman–Crippen MR) is 85.2 cm³/mol. The molecule has 0 heterocycles. The molecule has 0 aliphatic carbocycles. The SMILES string of the molecule is CSc1ccc(C(=O)NCC(CCO)CC(C)C)cc1. The quantitative estimate of drug-likeness (QED) is 0.724. The monoisotopic (exact) mass is 295 g/mol. The zero-order valence-corrected chi connectivity index (χ0v) is 13.4. The summed E-state index contributed by atoms with van der Waals surface area (Å²) in [6.07, 6.45) is 3.77. The van der Waals surface area contributed by atoms with Crippen LogP contribution in [0.4, 0.5) is 0 Å². The second kappa shape index (κ2) is 9.03. The number of aliphatic hydroxyl groups excluding tert-OH is 1. The minimum Gasteiger partial charge on any atom is -0.396 e. The molecule has 1 rings (SSSR count). The number of thioether (sulfide) groups is 1. The first-order chi connectivity index (χ1) is 9.56. The molecular formula is C16H25NO2S. The van der Waals surface area contributed by atoms with Crippen molar-refractivity contribution in [2.45, 2.75) is 31.6 Å². The Morgan fingerprint density at radius 2 is 1.95 bits per heavy atom. The first kappa shape index (κ1) is 17.1. The van der Waals surface area contributed by atoms with Crippen molar-refractivity contribution in [3.8, 4) is 0 Å². The Kier molecular flexibility index (Phi) is 7.70. The maximum Gasteiger partial charge on any atom is 0.251 e. The molecular weight excluding hydrogens is 270 g/mol. The van der Waals surface area contributed by atoms with E-state index >= 15 is 0 Å². The van der Waals surface area contributed by atoms with Crippen molar-refractivity contribution < 1.29 is 9.90 Å². The Morgan fingerprint density at radius 3 is 2.45 bits per heavy atom. The molecule has 20 heavy (non-hydrogen) atoms. The van der Waals surface area contributed by atoms with Crippen molar-refractivity contribution in [1.29, 1.82) is 0 Å². The molecule has 2 N–H and O–H groups in total. The molecule has 0 aliphatic heterocycles. The van der Waals surface area contributed by atoms with E-state index in [0.29, 0.717) is 23.9 Å². The number of rotatable bonds is 8. The van der Waals surface area contributed by atoms with Gasteiger partial charge in [0, 0.05) is 23.6 Å². The highest BCUT2D eigenvalue weighted by Gasteiger charge is 2.13. The maximum absolute atomic E-state index is 12.1. The number of amides is 1. The molecule has 0 aromatic heterocycles. The van der Waals surface area contributed by atoms with Crippen LogP contribution in [0.1, 0.15) is 37.0 Å². The van der Waals surface area contributed by atoms with Crippen LogP contribution < -0.4 is 5.32 Å². The van der Waals surface area contributed by atoms with Crippen LogP contribution in [0, 0.1) is 11.8 Å². The van der Waals surface area contributed by atoms with E-state index in [1.165, 1.54) is 0 Å². The lowest BCUT2D eigenvalue weighted by Crippen LogP contribution is -2.30. The second-order valence-electron chi connectivity index (χ2n) is 5.45. The van der Waals surface area contributed by atoms with Crippen LogP contribution in [0.15, 0.2) is 29.2 Å². The standard InChI is InChI=1S/C16H25NO2S/c1-12(2)10-13(8-9-18)11-17-16(19)14-4-6-15(20-3)7-5-14/h4-7,12-13,18H,8-11H2,1-3H3,(H,17,19). The fourth-order valence-corrected chi connectivity index (χ4v) is 2.64. The maximum atomic E-state index is 12.1. The fraction of sp³-hybridized carbons (Fsp3) is 0.562. The molecule has 1 amide bonds. The van der Waals surface area contributed by atoms with Gasteiger partial charge in [-0.2, -0.15) is 0 Å². The van der Waals surface area contributed by atoms with Crippen molar-refractivity contribution >= 4 is 17.7 Å². The highest BCUT2D eigenvalue weighted by Crippen LogP contribution is 2.16. The zero-order valence-electron chi connectivity index (χ0n) is 12.6. The van der Waals surface area contributed by atoms with E-state index in [4.69, 9.17) is 5.11 Å². The van der Waals surface area contributed by atoms with Gasteiger partial charge in [-0.3, -0.25) is 4.79 Å². The molecule has 0 aliphatic rings. The third-order valence-corrected chi connectivity index (χ3v) is 3.99. The fourth-order valence-electron chi connectivity index (χ4n) is 2.23. The number of hydrogen-bond acceptors (Lipinski definition) is 3. The summed E-state index contributed by atoms with van der Waals surface area (Å²) in [5.41, 5.74) is 0.690. The van der Waals surface area contributed by atoms with Gasteiger partial charge in [0.1, 0.15) is 0 Å². The summed E-state index contributed by atoms with van der Waals surface area (Å²) in [7, 11) is 0. The number of aliphatic hydroxyl groups is 1. The van der Waals surface area contributed by atoms with Crippen molar-refractivity contribution in [3.05, 3.63) is 29.8 Å². The van der Waals surface area contributed by atoms with E-state index in [2.05, 4.69) is 19.2 Å². The van der Waals surface area contributed by atoms with E-state index in [0.717, 1.165) is 17.7 Å². The molecule has 3 nitrogen and oxygen atoms in total. The average molecular weight is 295 g/mol. The van der Waals surface area contributed by atoms with Crippen molar-refractivity contribution in [1.82, 2.24) is 5.32 Å². The molecule has 0 saturated heterocycles. The summed E-state index contributed by atoms with van der Waals surface area (Å²) in [5, 5.41) is 12.0. The zero-order chi connectivity index (χ0) is 15.0. The highest BCUT2D eigenvalue weighted by molar-refractivity contribution is 7.98. The van der Waals surface area contributed by atoms with Crippen LogP contribution in [0.2, 0.25) is 0 Å². The molecule has 0 fully saturated rings. The lowest BCUT2D eigenvalue weighted by Gasteiger charge is -2.18. The van der Waals surface area contributed by atoms with Gasteiger partial charge >= 0.3 is 0 Å². The average Bonchev–Trinajstić information content (AvgIpc) is 2.44. The van der Waals surface area contributed by atoms with Crippen LogP contribution in [0.25, 0.3) is 0 Å². The van der Waals surface area contributed by atoms with E-state index in [-0.39, 0.29) is 12.5 Å². The van der Waals surface area contributed by atoms with Gasteiger partial charge in [-0.15, -0.1) is 11.8 Å². The van der Waals surface area contributed by atoms with Crippen LogP contribution in [-0.2, 0) is 0 Å². The molecule has 1 aromatic carbocycles. The van der Waals surface area contributed by atoms with Gasteiger partial charge in [0.25, 0.3) is 5.91 Å². The summed E-state index contributed by atoms with van der Waals surface area (Å²) in [5.74, 6) is 0.878. The molecule has 1 aromatic rings. The highest BCUT2D eigenvalue weighted by atomic mass is 32.2. The Labute approximate surface area is 126 Å². The smallest absolute Gasteiger partial charge is 0.251 e. The largest absolute Gasteiger partial charge is 0.396 e. The van der Waals surface area contributed by atoms with Crippen molar-refractivity contribution in [3.63, 3.8) is 0 Å². The first-order valence-corrected chi connectivity index (χ1v) is 8.32. The minimum absolute atomic E-state index is 0.0376. The molecule has 4 heteroatoms. The minimum atomic E-state index is -0.0376. The molecule has 0 bridgehead atoms. The van der Waals surface area contributed by atoms with Gasteiger partial charge in [0.05, 0.1) is 0 Å². The Hall–Kier alpha value is -1.00. The molecule has 112 valence electrons. The van der Waals surface area contributed by atoms with Crippen LogP contribution in [-0.4, -0.2) is 30.4 Å². The van der Waals surface area contributed by atoms with Gasteiger partial charge in [-0.1, -0.05) is 13.8 Å². The van der Waals surface area contributed by atoms with Gasteiger partial charge in [-0.05, 0) is 55.2 Å². The van der Waals surface area contributed by atoms with Crippen molar-refractivity contribution in [2.24, 2.45) is 11.8 Å². The lowest BCUT2D eigenvalue weighted by molar-refractivity contribution is 0.0941. The number of nitrogens with one attached hydrogen (secondary N) is 1. The molecule has 0 spiro atoms. The van der Waals surface area contributed by atoms with E-state index in [1.54, 1.807) is 11.8 Å². The van der Waals surface area contributed by atoms with Gasteiger partial charge in [0.15, 0.2) is 0 Å². The number of carbonyl (C=O) groups excluding carboxylic acids is 1. The van der Waals surface area contributed by atoms with E-state index in [9.17, 15) is 4.79 Å². The lowest BCUT2D eigenvalue weighted by atomic mass is 9.94. The Balaban J connectivity index is 2.51. The topological polar surface area (TPSA) is 49.3 Å². The summed E-state index contributed by atoms with van der Waals surface area (Å²) in [6.45, 7) is 5.12. The van der Waals surface area contributed by atoms with Crippen molar-refractivity contribution in [2.75, 3.05) is 19.4 Å². The third-order valence-electron chi connectivity index (χ3n) is 3.25. The molecule has 0 saturated carbocycles. The summed E-state index contributed by atoms with van der Waals surface area (Å²) in [4.78, 5) is 13.2. The summed E-state index contributed by atoms with van der Waals surface area (Å²) in [6, 6.07) is 7.62. The van der Waals surface area contributed by atoms with Gasteiger partial charge in [0.2, 0.25) is 0 Å². The molecule has 0 radical (unpaired) electrons. The van der Waals surface area contributed by atoms with Crippen LogP contribution in [0.5, 0.6) is 0 Å². The summed E-state index contributed by atoms with van der Waals surface area (Å²) >= 11 is 1.66. The molecule has 1 unspecified atom stereocenters. The van der Waals surface area contributed by atoms with E-state index < -0.39 is 0 Å². The Morgan fingerprint density at radius 1 is 1.30 bits per heavy atom. The van der Waals surface area contributed by atoms with Gasteiger partial charge in [-0.25, -0.2) is 0 Å². The van der Waals surface area contributed by atoms with Gasteiger partial charge < -0.3 is 10.4 Å². The number of benzene rings is 1. The predicted octanol–water partition coefficient (Wildman–Crippen LogP) is 3.18. The van der Waals surface area contributed by atoms with Crippen LogP contribution >= 0.6 is 11.8 Å². The molecule has 1 atom stereocenters. The third kappa shape index (κ3) is 5.97. The second-order valence-corrected chi connectivity index (χ2v) is 6.33. The summed E-state index contributed by atoms with van der Waals surface area (Å²) < 4.78 is 0. The number of hydrogen-bond donors (Lipinski definition) is 2. The Bertz CT molecular complexity index is 403. The number of carbonyl (C=O) groups is 1. The first-order valence-electron chi connectivity index (χ1n) is 7.10. The van der Waals surface area contributed by atoms with E-state index in [1.807, 2.05) is 30.5 Å². The normalized spacial score (nSPS) is 12.4.